The van der Waals surface area contributed by atoms with Gasteiger partial charge in [0.2, 0.25) is 5.91 Å². The van der Waals surface area contributed by atoms with Crippen molar-refractivity contribution in [2.24, 2.45) is 7.05 Å². The number of likely N-dealkylation sites (N-methyl/N-ethyl adjacent to an activating group) is 1. The molecule has 118 valence electrons. The smallest absolute Gasteiger partial charge is 0.241 e. The lowest BCUT2D eigenvalue weighted by atomic mass is 10.0. The number of nitrogens with zero attached hydrogens (tertiary/aromatic N) is 4. The number of rotatable bonds is 6. The zero-order valence-electron chi connectivity index (χ0n) is 13.6. The molecule has 6 heteroatoms. The Hall–Kier alpha value is -2.21. The summed E-state index contributed by atoms with van der Waals surface area (Å²) in [5, 5.41) is 10.8. The number of hydrogen-bond acceptors (Lipinski definition) is 4. The average molecular weight is 301 g/mol. The predicted octanol–water partition coefficient (Wildman–Crippen LogP) is 1.09. The number of carbonyl (C=O) groups excluding carboxylic acids is 1. The van der Waals surface area contributed by atoms with Crippen LogP contribution in [0.2, 0.25) is 0 Å². The molecule has 2 rings (SSSR count). The Morgan fingerprint density at radius 1 is 1.41 bits per heavy atom. The van der Waals surface area contributed by atoms with Crippen molar-refractivity contribution in [2.45, 2.75) is 19.4 Å². The quantitative estimate of drug-likeness (QED) is 0.867. The number of aromatic nitrogens is 3. The second-order valence-corrected chi connectivity index (χ2v) is 5.68. The molecule has 0 fully saturated rings. The standard InChI is InChI=1S/C16H23N5O/c1-12-6-5-7-13(10-12)15(20(2)3)16(22)17-9-8-14-19-18-11-21(14)4/h5-7,10-11,15H,8-9H2,1-4H3,(H,17,22)/t15-/m1/s1. The van der Waals surface area contributed by atoms with Crippen LogP contribution >= 0.6 is 0 Å². The summed E-state index contributed by atoms with van der Waals surface area (Å²) >= 11 is 0. The molecule has 0 saturated carbocycles. The summed E-state index contributed by atoms with van der Waals surface area (Å²) in [5.74, 6) is 0.857. The Bertz CT molecular complexity index is 635. The minimum atomic E-state index is -0.292. The fraction of sp³-hybridized carbons (Fsp3) is 0.438. The highest BCUT2D eigenvalue weighted by Crippen LogP contribution is 2.19. The van der Waals surface area contributed by atoms with Crippen LogP contribution in [0.25, 0.3) is 0 Å². The lowest BCUT2D eigenvalue weighted by Gasteiger charge is -2.24. The van der Waals surface area contributed by atoms with Gasteiger partial charge in [-0.15, -0.1) is 10.2 Å². The van der Waals surface area contributed by atoms with Crippen molar-refractivity contribution in [3.05, 3.63) is 47.5 Å². The first-order chi connectivity index (χ1) is 10.5. The Balaban J connectivity index is 2.00. The van der Waals surface area contributed by atoms with Crippen molar-refractivity contribution >= 4 is 5.91 Å². The number of carbonyl (C=O) groups is 1. The topological polar surface area (TPSA) is 63.1 Å². The molecule has 6 nitrogen and oxygen atoms in total. The maximum Gasteiger partial charge on any atom is 0.241 e. The second kappa shape index (κ2) is 7.17. The number of nitrogens with one attached hydrogen (secondary N) is 1. The van der Waals surface area contributed by atoms with Crippen LogP contribution in [0.15, 0.2) is 30.6 Å². The maximum atomic E-state index is 12.5. The van der Waals surface area contributed by atoms with Gasteiger partial charge >= 0.3 is 0 Å². The molecule has 1 N–H and O–H groups in total. The third kappa shape index (κ3) is 3.92. The Morgan fingerprint density at radius 2 is 2.18 bits per heavy atom. The van der Waals surface area contributed by atoms with E-state index >= 15 is 0 Å². The van der Waals surface area contributed by atoms with E-state index in [2.05, 4.69) is 15.5 Å². The van der Waals surface area contributed by atoms with Gasteiger partial charge in [0.1, 0.15) is 18.2 Å². The summed E-state index contributed by atoms with van der Waals surface area (Å²) in [5.41, 5.74) is 2.15. The predicted molar refractivity (Wildman–Crippen MR) is 85.3 cm³/mol. The first kappa shape index (κ1) is 16.2. The Kier molecular flexibility index (Phi) is 5.27. The largest absolute Gasteiger partial charge is 0.354 e. The van der Waals surface area contributed by atoms with E-state index in [1.54, 1.807) is 6.33 Å². The zero-order chi connectivity index (χ0) is 16.1. The van der Waals surface area contributed by atoms with Crippen LogP contribution in [-0.4, -0.2) is 46.2 Å². The fourth-order valence-electron chi connectivity index (χ4n) is 2.45. The number of amides is 1. The van der Waals surface area contributed by atoms with Crippen molar-refractivity contribution in [3.63, 3.8) is 0 Å². The number of aryl methyl sites for hydroxylation is 2. The third-order valence-electron chi connectivity index (χ3n) is 3.58. The molecule has 22 heavy (non-hydrogen) atoms. The lowest BCUT2D eigenvalue weighted by molar-refractivity contribution is -0.125. The highest BCUT2D eigenvalue weighted by atomic mass is 16.2. The zero-order valence-corrected chi connectivity index (χ0v) is 13.6. The summed E-state index contributed by atoms with van der Waals surface area (Å²) < 4.78 is 1.86. The van der Waals surface area contributed by atoms with Crippen LogP contribution in [0.4, 0.5) is 0 Å². The van der Waals surface area contributed by atoms with Gasteiger partial charge in [0, 0.05) is 20.0 Å². The van der Waals surface area contributed by atoms with Crippen LogP contribution in [0, 0.1) is 6.92 Å². The van der Waals surface area contributed by atoms with Gasteiger partial charge in [0.05, 0.1) is 0 Å². The minimum absolute atomic E-state index is 0.00207. The van der Waals surface area contributed by atoms with Gasteiger partial charge in [0.15, 0.2) is 0 Å². The molecule has 0 aliphatic heterocycles. The molecular formula is C16H23N5O. The highest BCUT2D eigenvalue weighted by Gasteiger charge is 2.22. The van der Waals surface area contributed by atoms with Crippen molar-refractivity contribution in [3.8, 4) is 0 Å². The van der Waals surface area contributed by atoms with Crippen LogP contribution in [0.3, 0.4) is 0 Å². The highest BCUT2D eigenvalue weighted by molar-refractivity contribution is 5.83. The van der Waals surface area contributed by atoms with E-state index in [1.165, 1.54) is 0 Å². The number of hydrogen-bond donors (Lipinski definition) is 1. The van der Waals surface area contributed by atoms with Gasteiger partial charge in [-0.3, -0.25) is 9.69 Å². The van der Waals surface area contributed by atoms with Gasteiger partial charge in [-0.05, 0) is 26.6 Å². The summed E-state index contributed by atoms with van der Waals surface area (Å²) in [7, 11) is 5.72. The van der Waals surface area contributed by atoms with E-state index in [-0.39, 0.29) is 11.9 Å². The summed E-state index contributed by atoms with van der Waals surface area (Å²) in [6, 6.07) is 7.75. The van der Waals surface area contributed by atoms with E-state index in [0.29, 0.717) is 13.0 Å². The molecule has 0 radical (unpaired) electrons. The van der Waals surface area contributed by atoms with Crippen molar-refractivity contribution in [1.29, 1.82) is 0 Å². The van der Waals surface area contributed by atoms with Gasteiger partial charge in [-0.25, -0.2) is 0 Å². The van der Waals surface area contributed by atoms with Crippen molar-refractivity contribution in [1.82, 2.24) is 25.0 Å². The van der Waals surface area contributed by atoms with Crippen LogP contribution in [0.5, 0.6) is 0 Å². The lowest BCUT2D eigenvalue weighted by Crippen LogP contribution is -2.38. The molecule has 0 aliphatic carbocycles. The maximum absolute atomic E-state index is 12.5. The molecule has 0 spiro atoms. The van der Waals surface area contributed by atoms with Crippen LogP contribution in [-0.2, 0) is 18.3 Å². The van der Waals surface area contributed by atoms with Crippen LogP contribution < -0.4 is 5.32 Å². The van der Waals surface area contributed by atoms with Gasteiger partial charge in [-0.2, -0.15) is 0 Å². The van der Waals surface area contributed by atoms with E-state index in [1.807, 2.05) is 61.8 Å². The average Bonchev–Trinajstić information content (AvgIpc) is 2.84. The summed E-state index contributed by atoms with van der Waals surface area (Å²) in [4.78, 5) is 14.4. The number of benzene rings is 1. The van der Waals surface area contributed by atoms with E-state index < -0.39 is 0 Å². The summed E-state index contributed by atoms with van der Waals surface area (Å²) in [6.45, 7) is 2.57. The molecule has 1 aromatic carbocycles. The molecule has 2 aromatic rings. The first-order valence-electron chi connectivity index (χ1n) is 7.32. The van der Waals surface area contributed by atoms with Gasteiger partial charge in [-0.1, -0.05) is 29.8 Å². The summed E-state index contributed by atoms with van der Waals surface area (Å²) in [6.07, 6.45) is 2.32. The molecule has 0 unspecified atom stereocenters. The minimum Gasteiger partial charge on any atom is -0.354 e. The monoisotopic (exact) mass is 301 g/mol. The van der Waals surface area contributed by atoms with Gasteiger partial charge in [0.25, 0.3) is 0 Å². The van der Waals surface area contributed by atoms with E-state index in [0.717, 1.165) is 17.0 Å². The molecule has 0 saturated heterocycles. The normalized spacial score (nSPS) is 12.4. The molecule has 1 aromatic heterocycles. The van der Waals surface area contributed by atoms with Crippen LogP contribution in [0.1, 0.15) is 23.0 Å². The molecule has 1 heterocycles. The Labute approximate surface area is 131 Å². The molecule has 0 aliphatic rings. The second-order valence-electron chi connectivity index (χ2n) is 5.68. The Morgan fingerprint density at radius 3 is 2.77 bits per heavy atom. The molecular weight excluding hydrogens is 278 g/mol. The van der Waals surface area contributed by atoms with Crippen molar-refractivity contribution < 1.29 is 4.79 Å². The van der Waals surface area contributed by atoms with E-state index in [9.17, 15) is 4.79 Å². The molecule has 1 amide bonds. The molecule has 0 bridgehead atoms. The molecule has 1 atom stereocenters. The van der Waals surface area contributed by atoms with Crippen molar-refractivity contribution in [2.75, 3.05) is 20.6 Å². The first-order valence-corrected chi connectivity index (χ1v) is 7.32. The van der Waals surface area contributed by atoms with E-state index in [4.69, 9.17) is 0 Å². The fourth-order valence-corrected chi connectivity index (χ4v) is 2.45. The third-order valence-corrected chi connectivity index (χ3v) is 3.58. The SMILES string of the molecule is Cc1cccc([C@H](C(=O)NCCc2nncn2C)N(C)C)c1. The van der Waals surface area contributed by atoms with Gasteiger partial charge < -0.3 is 9.88 Å².